The fourth-order valence-corrected chi connectivity index (χ4v) is 3.64. The molecule has 0 bridgehead atoms. The van der Waals surface area contributed by atoms with Crippen LogP contribution in [0.15, 0.2) is 16.5 Å². The van der Waals surface area contributed by atoms with Crippen molar-refractivity contribution in [2.45, 2.75) is 65.8 Å². The Balaban J connectivity index is 1.86. The Morgan fingerprint density at radius 2 is 1.79 bits per heavy atom. The quantitative estimate of drug-likeness (QED) is 0.714. The number of rotatable bonds is 3. The predicted molar refractivity (Wildman–Crippen MR) is 105 cm³/mol. The highest BCUT2D eigenvalue weighted by Gasteiger charge is 2.43. The van der Waals surface area contributed by atoms with E-state index in [1.54, 1.807) is 20.8 Å². The maximum absolute atomic E-state index is 14.0. The molecule has 156 valence electrons. The molecule has 7 nitrogen and oxygen atoms in total. The van der Waals surface area contributed by atoms with Gasteiger partial charge in [0.2, 0.25) is 11.7 Å². The van der Waals surface area contributed by atoms with E-state index >= 15 is 0 Å². The van der Waals surface area contributed by atoms with Gasteiger partial charge >= 0.3 is 6.09 Å². The molecule has 1 fully saturated rings. The molecule has 8 heteroatoms. The molecule has 1 saturated heterocycles. The summed E-state index contributed by atoms with van der Waals surface area (Å²) < 4.78 is 25.0. The van der Waals surface area contributed by atoms with Gasteiger partial charge in [0, 0.05) is 12.0 Å². The first-order valence-corrected chi connectivity index (χ1v) is 9.56. The first-order chi connectivity index (χ1) is 13.5. The number of halogens is 1. The molecule has 2 atom stereocenters. The molecule has 1 aliphatic rings. The maximum atomic E-state index is 14.0. The number of alkyl halides is 1. The van der Waals surface area contributed by atoms with Crippen LogP contribution in [0, 0.1) is 20.8 Å². The van der Waals surface area contributed by atoms with Crippen molar-refractivity contribution in [1.82, 2.24) is 15.1 Å². The SMILES string of the molecule is Cc1cc(C)c(-c2nnc(C(=O)[C@@H]3C[C@H](F)CN3C(=O)OC(C)(C)C)o2)c(C)c1. The molecule has 2 aromatic rings. The van der Waals surface area contributed by atoms with Gasteiger partial charge in [0.05, 0.1) is 6.54 Å². The topological polar surface area (TPSA) is 85.5 Å². The highest BCUT2D eigenvalue weighted by Crippen LogP contribution is 2.29. The summed E-state index contributed by atoms with van der Waals surface area (Å²) in [5.74, 6) is -0.605. The smallest absolute Gasteiger partial charge is 0.411 e. The van der Waals surface area contributed by atoms with Crippen LogP contribution in [0.1, 0.15) is 54.6 Å². The monoisotopic (exact) mass is 403 g/mol. The number of nitrogens with zero attached hydrogens (tertiary/aromatic N) is 3. The van der Waals surface area contributed by atoms with E-state index in [2.05, 4.69) is 10.2 Å². The Hall–Kier alpha value is -2.77. The van der Waals surface area contributed by atoms with E-state index in [0.29, 0.717) is 0 Å². The third-order valence-corrected chi connectivity index (χ3v) is 4.71. The number of amides is 1. The van der Waals surface area contributed by atoms with Gasteiger partial charge in [0.25, 0.3) is 5.89 Å². The summed E-state index contributed by atoms with van der Waals surface area (Å²) in [4.78, 5) is 26.4. The Morgan fingerprint density at radius 1 is 1.17 bits per heavy atom. The lowest BCUT2D eigenvalue weighted by atomic mass is 10.00. The zero-order valence-corrected chi connectivity index (χ0v) is 17.6. The Bertz CT molecular complexity index is 925. The average molecular weight is 403 g/mol. The molecule has 0 radical (unpaired) electrons. The minimum atomic E-state index is -1.32. The number of hydrogen-bond acceptors (Lipinski definition) is 6. The van der Waals surface area contributed by atoms with Crippen LogP contribution in [0.2, 0.25) is 0 Å². The maximum Gasteiger partial charge on any atom is 0.411 e. The van der Waals surface area contributed by atoms with Gasteiger partial charge in [0.1, 0.15) is 17.8 Å². The average Bonchev–Trinajstić information content (AvgIpc) is 3.19. The lowest BCUT2D eigenvalue weighted by Gasteiger charge is -2.27. The van der Waals surface area contributed by atoms with Gasteiger partial charge in [-0.2, -0.15) is 0 Å². The van der Waals surface area contributed by atoms with Crippen LogP contribution in [0.3, 0.4) is 0 Å². The van der Waals surface area contributed by atoms with E-state index in [9.17, 15) is 14.0 Å². The molecule has 1 amide bonds. The van der Waals surface area contributed by atoms with E-state index in [4.69, 9.17) is 9.15 Å². The van der Waals surface area contributed by atoms with Crippen LogP contribution in [0.5, 0.6) is 0 Å². The second-order valence-corrected chi connectivity index (χ2v) is 8.53. The predicted octanol–water partition coefficient (Wildman–Crippen LogP) is 4.19. The number of hydrogen-bond donors (Lipinski definition) is 0. The van der Waals surface area contributed by atoms with E-state index in [-0.39, 0.29) is 24.7 Å². The number of likely N-dealkylation sites (tertiary alicyclic amines) is 1. The van der Waals surface area contributed by atoms with E-state index in [0.717, 1.165) is 27.2 Å². The highest BCUT2D eigenvalue weighted by molar-refractivity contribution is 5.98. The first kappa shape index (κ1) is 21.0. The number of benzene rings is 1. The summed E-state index contributed by atoms with van der Waals surface area (Å²) in [6, 6.07) is 2.94. The lowest BCUT2D eigenvalue weighted by Crippen LogP contribution is -2.43. The van der Waals surface area contributed by atoms with Crippen molar-refractivity contribution < 1.29 is 23.1 Å². The molecule has 1 aliphatic heterocycles. The molecule has 1 aromatic heterocycles. The second-order valence-electron chi connectivity index (χ2n) is 8.53. The summed E-state index contributed by atoms with van der Waals surface area (Å²) in [7, 11) is 0. The second kappa shape index (κ2) is 7.57. The first-order valence-electron chi connectivity index (χ1n) is 9.56. The van der Waals surface area contributed by atoms with Crippen molar-refractivity contribution in [2.24, 2.45) is 0 Å². The molecule has 0 unspecified atom stereocenters. The molecule has 0 N–H and O–H groups in total. The van der Waals surface area contributed by atoms with Crippen LogP contribution in [0.4, 0.5) is 9.18 Å². The zero-order valence-electron chi connectivity index (χ0n) is 17.6. The van der Waals surface area contributed by atoms with Crippen molar-refractivity contribution in [1.29, 1.82) is 0 Å². The molecule has 0 aliphatic carbocycles. The minimum Gasteiger partial charge on any atom is -0.444 e. The third-order valence-electron chi connectivity index (χ3n) is 4.71. The summed E-state index contributed by atoms with van der Waals surface area (Å²) in [6.07, 6.45) is -2.18. The van der Waals surface area contributed by atoms with Gasteiger partial charge in [-0.3, -0.25) is 9.69 Å². The van der Waals surface area contributed by atoms with Gasteiger partial charge in [-0.25, -0.2) is 9.18 Å². The Labute approximate surface area is 169 Å². The van der Waals surface area contributed by atoms with Crippen molar-refractivity contribution in [3.8, 4) is 11.5 Å². The van der Waals surface area contributed by atoms with Crippen molar-refractivity contribution >= 4 is 11.9 Å². The largest absolute Gasteiger partial charge is 0.444 e. The minimum absolute atomic E-state index is 0.127. The van der Waals surface area contributed by atoms with Gasteiger partial charge in [-0.1, -0.05) is 17.7 Å². The molecular weight excluding hydrogens is 377 g/mol. The summed E-state index contributed by atoms with van der Waals surface area (Å²) >= 11 is 0. The summed E-state index contributed by atoms with van der Waals surface area (Å²) in [5.41, 5.74) is 3.01. The lowest BCUT2D eigenvalue weighted by molar-refractivity contribution is 0.0211. The molecule has 1 aromatic carbocycles. The molecule has 29 heavy (non-hydrogen) atoms. The highest BCUT2D eigenvalue weighted by atomic mass is 19.1. The van der Waals surface area contributed by atoms with Crippen LogP contribution in [0.25, 0.3) is 11.5 Å². The van der Waals surface area contributed by atoms with Crippen molar-refractivity contribution in [3.63, 3.8) is 0 Å². The fraction of sp³-hybridized carbons (Fsp3) is 0.524. The zero-order chi connectivity index (χ0) is 21.5. The summed E-state index contributed by atoms with van der Waals surface area (Å²) in [5, 5.41) is 7.88. The van der Waals surface area contributed by atoms with E-state index < -0.39 is 29.7 Å². The third kappa shape index (κ3) is 4.46. The van der Waals surface area contributed by atoms with Crippen molar-refractivity contribution in [2.75, 3.05) is 6.54 Å². The number of ether oxygens (including phenoxy) is 1. The van der Waals surface area contributed by atoms with Crippen molar-refractivity contribution in [3.05, 3.63) is 34.7 Å². The summed E-state index contributed by atoms with van der Waals surface area (Å²) in [6.45, 7) is 10.8. The number of aromatic nitrogens is 2. The number of aryl methyl sites for hydroxylation is 3. The van der Waals surface area contributed by atoms with Gasteiger partial charge < -0.3 is 9.15 Å². The number of Topliss-reactive ketones (excluding diaryl/α,β-unsaturated/α-hetero) is 1. The molecule has 0 spiro atoms. The van der Waals surface area contributed by atoms with Crippen LogP contribution in [-0.4, -0.2) is 51.3 Å². The van der Waals surface area contributed by atoms with Gasteiger partial charge in [-0.15, -0.1) is 10.2 Å². The standard InChI is InChI=1S/C21H26FN3O4/c1-11-7-12(2)16(13(3)8-11)18-23-24-19(28-18)17(26)15-9-14(22)10-25(15)20(27)29-21(4,5)6/h7-8,14-15H,9-10H2,1-6H3/t14-,15-/m0/s1. The molecule has 3 rings (SSSR count). The van der Waals surface area contributed by atoms with Crippen LogP contribution >= 0.6 is 0 Å². The van der Waals surface area contributed by atoms with Gasteiger partial charge in [-0.05, 0) is 52.7 Å². The Morgan fingerprint density at radius 3 is 2.38 bits per heavy atom. The normalized spacial score (nSPS) is 19.5. The fourth-order valence-electron chi connectivity index (χ4n) is 3.64. The van der Waals surface area contributed by atoms with Crippen LogP contribution in [-0.2, 0) is 4.74 Å². The number of ketones is 1. The van der Waals surface area contributed by atoms with Crippen LogP contribution < -0.4 is 0 Å². The Kier molecular flexibility index (Phi) is 5.47. The number of carbonyl (C=O) groups excluding carboxylic acids is 2. The number of carbonyl (C=O) groups is 2. The van der Waals surface area contributed by atoms with Gasteiger partial charge in [0.15, 0.2) is 0 Å². The molecular formula is C21H26FN3O4. The van der Waals surface area contributed by atoms with E-state index in [1.165, 1.54) is 0 Å². The molecule has 0 saturated carbocycles. The molecule has 2 heterocycles. The van der Waals surface area contributed by atoms with E-state index in [1.807, 2.05) is 32.9 Å².